The van der Waals surface area contributed by atoms with Crippen molar-refractivity contribution >= 4 is 0 Å². The van der Waals surface area contributed by atoms with Gasteiger partial charge in [-0.15, -0.1) is 0 Å². The first kappa shape index (κ1) is 23.0. The Labute approximate surface area is 180 Å². The Kier molecular flexibility index (Phi) is 7.50. The Hall–Kier alpha value is -2.65. The molecular formula is C25H25F4NO. The topological polar surface area (TPSA) is 33.0 Å². The molecule has 6 heteroatoms. The van der Waals surface area contributed by atoms with Crippen molar-refractivity contribution in [3.63, 3.8) is 0 Å². The van der Waals surface area contributed by atoms with Crippen LogP contribution in [-0.2, 0) is 17.3 Å². The molecule has 0 aromatic heterocycles. The Balaban J connectivity index is 1.57. The summed E-state index contributed by atoms with van der Waals surface area (Å²) >= 11 is 0. The highest BCUT2D eigenvalue weighted by molar-refractivity contribution is 5.35. The van der Waals surface area contributed by atoms with Gasteiger partial charge in [-0.1, -0.05) is 36.4 Å². The number of nitriles is 1. The van der Waals surface area contributed by atoms with Gasteiger partial charge in [-0.2, -0.15) is 14.0 Å². The second-order valence-electron chi connectivity index (χ2n) is 7.92. The summed E-state index contributed by atoms with van der Waals surface area (Å²) in [6, 6.07) is 9.58. The van der Waals surface area contributed by atoms with E-state index in [4.69, 9.17) is 10.00 Å². The van der Waals surface area contributed by atoms with Crippen molar-refractivity contribution in [3.8, 4) is 6.07 Å². The normalized spacial score (nSPS) is 19.5. The van der Waals surface area contributed by atoms with Gasteiger partial charge in [0.25, 0.3) is 0 Å². The van der Waals surface area contributed by atoms with Crippen LogP contribution in [0.2, 0.25) is 0 Å². The lowest BCUT2D eigenvalue weighted by Crippen LogP contribution is -2.20. The molecule has 0 saturated heterocycles. The van der Waals surface area contributed by atoms with Gasteiger partial charge in [0, 0.05) is 0 Å². The van der Waals surface area contributed by atoms with Crippen LogP contribution in [0.5, 0.6) is 0 Å². The van der Waals surface area contributed by atoms with E-state index in [1.54, 1.807) is 12.1 Å². The fourth-order valence-corrected chi connectivity index (χ4v) is 4.12. The van der Waals surface area contributed by atoms with Crippen LogP contribution < -0.4 is 0 Å². The number of ether oxygens (including phenoxy) is 1. The molecule has 0 bridgehead atoms. The third-order valence-electron chi connectivity index (χ3n) is 5.84. The zero-order valence-electron chi connectivity index (χ0n) is 17.4. The highest BCUT2D eigenvalue weighted by Gasteiger charge is 2.33. The summed E-state index contributed by atoms with van der Waals surface area (Å²) in [4.78, 5) is 0. The van der Waals surface area contributed by atoms with Gasteiger partial charge in [0.15, 0.2) is 0 Å². The van der Waals surface area contributed by atoms with Gasteiger partial charge < -0.3 is 4.74 Å². The molecule has 1 saturated carbocycles. The highest BCUT2D eigenvalue weighted by atomic mass is 19.3. The van der Waals surface area contributed by atoms with E-state index in [9.17, 15) is 17.6 Å². The Morgan fingerprint density at radius 1 is 1.06 bits per heavy atom. The molecule has 0 amide bonds. The van der Waals surface area contributed by atoms with Crippen molar-refractivity contribution in [1.82, 2.24) is 0 Å². The molecule has 0 unspecified atom stereocenters. The maximum atomic E-state index is 14.4. The van der Waals surface area contributed by atoms with Gasteiger partial charge in [-0.25, -0.2) is 8.78 Å². The number of rotatable bonds is 7. The number of nitrogens with zero attached hydrogens (tertiary/aromatic N) is 1. The van der Waals surface area contributed by atoms with Crippen LogP contribution in [-0.4, -0.2) is 6.61 Å². The molecule has 2 nitrogen and oxygen atoms in total. The van der Waals surface area contributed by atoms with E-state index < -0.39 is 29.9 Å². The molecule has 1 aliphatic rings. The average Bonchev–Trinajstić information content (AvgIpc) is 2.74. The lowest BCUT2D eigenvalue weighted by atomic mass is 9.78. The minimum absolute atomic E-state index is 0.108. The number of halogens is 4. The maximum absolute atomic E-state index is 14.4. The molecule has 3 rings (SSSR count). The molecule has 31 heavy (non-hydrogen) atoms. The van der Waals surface area contributed by atoms with Crippen LogP contribution in [0.15, 0.2) is 48.6 Å². The minimum Gasteiger partial charge on any atom is -0.316 e. The van der Waals surface area contributed by atoms with Crippen LogP contribution in [0.4, 0.5) is 17.6 Å². The molecule has 2 aromatic rings. The number of allylic oxidation sites excluding steroid dienone is 2. The molecule has 0 radical (unpaired) electrons. The van der Waals surface area contributed by atoms with Gasteiger partial charge in [0.2, 0.25) is 0 Å². The standard InChI is InChI=1S/C25H25F4NO/c1-2-3-17-4-6-19(7-5-17)20-8-10-21(11-9-20)25(28,29)31-13-12-18-14-23(26)22(16-30)24(27)15-18/h2-3,8-11,14-15,17,19H,4-7,12-13H2,1H3/b3-2+/t17-,19-. The quantitative estimate of drug-likeness (QED) is 0.349. The molecule has 0 spiro atoms. The summed E-state index contributed by atoms with van der Waals surface area (Å²) in [7, 11) is 0. The van der Waals surface area contributed by atoms with Gasteiger partial charge in [0.05, 0.1) is 12.2 Å². The van der Waals surface area contributed by atoms with Crippen molar-refractivity contribution in [1.29, 1.82) is 5.26 Å². The molecule has 2 aromatic carbocycles. The van der Waals surface area contributed by atoms with E-state index in [2.05, 4.69) is 12.2 Å². The van der Waals surface area contributed by atoms with Crippen molar-refractivity contribution in [2.45, 2.75) is 51.1 Å². The van der Waals surface area contributed by atoms with E-state index >= 15 is 0 Å². The van der Waals surface area contributed by atoms with E-state index in [0.29, 0.717) is 11.8 Å². The highest BCUT2D eigenvalue weighted by Crippen LogP contribution is 2.37. The van der Waals surface area contributed by atoms with E-state index in [1.807, 2.05) is 6.92 Å². The summed E-state index contributed by atoms with van der Waals surface area (Å²) in [5.41, 5.74) is 0.261. The lowest BCUT2D eigenvalue weighted by Gasteiger charge is -2.27. The second-order valence-corrected chi connectivity index (χ2v) is 7.92. The molecule has 1 aliphatic carbocycles. The summed E-state index contributed by atoms with van der Waals surface area (Å²) < 4.78 is 60.8. The SMILES string of the molecule is C/C=C/[C@H]1CC[C@H](c2ccc(C(F)(F)OCCc3cc(F)c(C#N)c(F)c3)cc2)CC1. The predicted molar refractivity (Wildman–Crippen MR) is 111 cm³/mol. The van der Waals surface area contributed by atoms with Crippen LogP contribution in [0.1, 0.15) is 60.8 Å². The molecule has 0 aliphatic heterocycles. The van der Waals surface area contributed by atoms with Crippen LogP contribution in [0.3, 0.4) is 0 Å². The third kappa shape index (κ3) is 5.74. The number of alkyl halides is 2. The van der Waals surface area contributed by atoms with Crippen molar-refractivity contribution < 1.29 is 22.3 Å². The van der Waals surface area contributed by atoms with Crippen molar-refractivity contribution in [2.24, 2.45) is 5.92 Å². The smallest absolute Gasteiger partial charge is 0.316 e. The fraction of sp³-hybridized carbons (Fsp3) is 0.400. The van der Waals surface area contributed by atoms with Gasteiger partial charge >= 0.3 is 6.11 Å². The number of hydrogen-bond donors (Lipinski definition) is 0. The summed E-state index contributed by atoms with van der Waals surface area (Å²) in [5.74, 6) is -1.04. The maximum Gasteiger partial charge on any atom is 0.383 e. The first-order valence-electron chi connectivity index (χ1n) is 10.5. The average molecular weight is 431 g/mol. The molecule has 0 N–H and O–H groups in total. The molecule has 164 valence electrons. The largest absolute Gasteiger partial charge is 0.383 e. The predicted octanol–water partition coefficient (Wildman–Crippen LogP) is 6.99. The van der Waals surface area contributed by atoms with E-state index in [1.165, 1.54) is 18.2 Å². The zero-order valence-corrected chi connectivity index (χ0v) is 17.4. The Bertz CT molecular complexity index is 931. The van der Waals surface area contributed by atoms with Crippen LogP contribution in [0.25, 0.3) is 0 Å². The number of benzene rings is 2. The minimum atomic E-state index is -3.51. The van der Waals surface area contributed by atoms with Gasteiger partial charge in [-0.3, -0.25) is 0 Å². The van der Waals surface area contributed by atoms with E-state index in [-0.39, 0.29) is 17.5 Å². The van der Waals surface area contributed by atoms with Crippen LogP contribution in [0, 0.1) is 28.9 Å². The van der Waals surface area contributed by atoms with Crippen LogP contribution >= 0.6 is 0 Å². The van der Waals surface area contributed by atoms with Gasteiger partial charge in [0.1, 0.15) is 23.3 Å². The molecule has 1 fully saturated rings. The second kappa shape index (κ2) is 10.1. The van der Waals surface area contributed by atoms with Crippen molar-refractivity contribution in [3.05, 3.63) is 82.4 Å². The monoisotopic (exact) mass is 431 g/mol. The Morgan fingerprint density at radius 2 is 1.68 bits per heavy atom. The summed E-state index contributed by atoms with van der Waals surface area (Å²) in [5, 5.41) is 8.68. The third-order valence-corrected chi connectivity index (χ3v) is 5.84. The summed E-state index contributed by atoms with van der Waals surface area (Å²) in [6.07, 6.45) is 4.99. The van der Waals surface area contributed by atoms with Crippen molar-refractivity contribution in [2.75, 3.05) is 6.61 Å². The molecular weight excluding hydrogens is 406 g/mol. The first-order valence-corrected chi connectivity index (χ1v) is 10.5. The van der Waals surface area contributed by atoms with Gasteiger partial charge in [-0.05, 0) is 74.1 Å². The van der Waals surface area contributed by atoms with E-state index in [0.717, 1.165) is 43.4 Å². The Morgan fingerprint density at radius 3 is 2.23 bits per heavy atom. The summed E-state index contributed by atoms with van der Waals surface area (Å²) in [6.45, 7) is 1.60. The number of hydrogen-bond acceptors (Lipinski definition) is 2. The lowest BCUT2D eigenvalue weighted by molar-refractivity contribution is -0.248. The first-order chi connectivity index (χ1) is 14.8. The zero-order chi connectivity index (χ0) is 22.4. The fourth-order valence-electron chi connectivity index (χ4n) is 4.12. The molecule has 0 heterocycles. The molecule has 0 atom stereocenters.